The van der Waals surface area contributed by atoms with Gasteiger partial charge in [-0.2, -0.15) is 9.78 Å². The Morgan fingerprint density at radius 1 is 1.21 bits per heavy atom. The third kappa shape index (κ3) is 5.00. The highest BCUT2D eigenvalue weighted by molar-refractivity contribution is 9.10. The van der Waals surface area contributed by atoms with Gasteiger partial charge in [0.05, 0.1) is 33.8 Å². The minimum atomic E-state index is -0.221. The van der Waals surface area contributed by atoms with Crippen molar-refractivity contribution in [2.75, 3.05) is 6.61 Å². The molecule has 0 fully saturated rings. The van der Waals surface area contributed by atoms with Gasteiger partial charge < -0.3 is 4.74 Å². The van der Waals surface area contributed by atoms with Crippen LogP contribution in [0.4, 0.5) is 0 Å². The average molecular weight is 497 g/mol. The van der Waals surface area contributed by atoms with Gasteiger partial charge in [0.25, 0.3) is 5.56 Å². The Bertz CT molecular complexity index is 1110. The summed E-state index contributed by atoms with van der Waals surface area (Å²) >= 11 is 15.9. The Balaban J connectivity index is 2.08. The van der Waals surface area contributed by atoms with E-state index in [-0.39, 0.29) is 5.56 Å². The Morgan fingerprint density at radius 2 is 1.93 bits per heavy atom. The van der Waals surface area contributed by atoms with E-state index >= 15 is 0 Å². The maximum absolute atomic E-state index is 13.1. The molecule has 0 unspecified atom stereocenters. The van der Waals surface area contributed by atoms with E-state index in [0.717, 1.165) is 17.3 Å². The minimum Gasteiger partial charge on any atom is -0.491 e. The lowest BCUT2D eigenvalue weighted by Gasteiger charge is -2.10. The van der Waals surface area contributed by atoms with Crippen LogP contribution in [0, 0.1) is 0 Å². The van der Waals surface area contributed by atoms with Crippen LogP contribution in [-0.4, -0.2) is 22.5 Å². The van der Waals surface area contributed by atoms with Gasteiger partial charge in [-0.3, -0.25) is 4.79 Å². The van der Waals surface area contributed by atoms with E-state index in [2.05, 4.69) is 32.9 Å². The zero-order valence-electron chi connectivity index (χ0n) is 16.1. The van der Waals surface area contributed by atoms with E-state index < -0.39 is 0 Å². The number of fused-ring (bicyclic) bond motifs is 1. The molecule has 3 aromatic rings. The fourth-order valence-electron chi connectivity index (χ4n) is 2.87. The molecule has 152 valence electrons. The summed E-state index contributed by atoms with van der Waals surface area (Å²) in [6, 6.07) is 8.85. The highest BCUT2D eigenvalue weighted by Crippen LogP contribution is 2.33. The molecule has 0 saturated heterocycles. The van der Waals surface area contributed by atoms with Crippen molar-refractivity contribution in [2.45, 2.75) is 33.1 Å². The van der Waals surface area contributed by atoms with E-state index in [1.165, 1.54) is 4.68 Å². The van der Waals surface area contributed by atoms with Gasteiger partial charge in [0.15, 0.2) is 5.75 Å². The first-order chi connectivity index (χ1) is 13.9. The second-order valence-electron chi connectivity index (χ2n) is 6.40. The molecular formula is C21H20BrCl2N3O2. The van der Waals surface area contributed by atoms with Gasteiger partial charge in [-0.1, -0.05) is 52.5 Å². The number of aryl methyl sites for hydroxylation is 1. The van der Waals surface area contributed by atoms with Crippen LogP contribution in [0.15, 0.2) is 44.7 Å². The van der Waals surface area contributed by atoms with Crippen LogP contribution in [0.3, 0.4) is 0 Å². The summed E-state index contributed by atoms with van der Waals surface area (Å²) in [6.07, 6.45) is 4.10. The van der Waals surface area contributed by atoms with Crippen LogP contribution in [0.2, 0.25) is 10.0 Å². The molecule has 5 nitrogen and oxygen atoms in total. The van der Waals surface area contributed by atoms with Crippen molar-refractivity contribution in [3.05, 3.63) is 66.6 Å². The number of nitrogens with zero attached hydrogens (tertiary/aromatic N) is 3. The zero-order valence-corrected chi connectivity index (χ0v) is 19.2. The third-order valence-corrected chi connectivity index (χ3v) is 5.32. The Morgan fingerprint density at radius 3 is 2.59 bits per heavy atom. The highest BCUT2D eigenvalue weighted by atomic mass is 79.9. The molecule has 1 heterocycles. The summed E-state index contributed by atoms with van der Waals surface area (Å²) in [6.45, 7) is 4.41. The summed E-state index contributed by atoms with van der Waals surface area (Å²) < 4.78 is 7.61. The third-order valence-electron chi connectivity index (χ3n) is 4.26. The van der Waals surface area contributed by atoms with Crippen LogP contribution in [0.1, 0.15) is 38.1 Å². The smallest absolute Gasteiger partial charge is 0.282 e. The molecule has 0 aliphatic heterocycles. The molecule has 8 heteroatoms. The molecule has 0 saturated carbocycles. The number of rotatable bonds is 7. The summed E-state index contributed by atoms with van der Waals surface area (Å²) in [5.41, 5.74) is 1.09. The van der Waals surface area contributed by atoms with Gasteiger partial charge >= 0.3 is 0 Å². The number of hydrogen-bond acceptors (Lipinski definition) is 4. The standard InChI is InChI=1S/C21H20BrCl2N3O2/c1-3-5-6-19-26-18-8-7-14(22)11-15(18)21(28)27(19)25-12-13-9-16(23)20(29-4-2)17(24)10-13/h7-12H,3-6H2,1-2H3. The van der Waals surface area contributed by atoms with E-state index in [0.29, 0.717) is 51.1 Å². The lowest BCUT2D eigenvalue weighted by atomic mass is 10.2. The first kappa shape index (κ1) is 21.8. The highest BCUT2D eigenvalue weighted by Gasteiger charge is 2.12. The van der Waals surface area contributed by atoms with Crippen molar-refractivity contribution in [2.24, 2.45) is 5.10 Å². The number of hydrogen-bond donors (Lipinski definition) is 0. The minimum absolute atomic E-state index is 0.221. The zero-order chi connectivity index (χ0) is 21.0. The molecule has 29 heavy (non-hydrogen) atoms. The fourth-order valence-corrected chi connectivity index (χ4v) is 3.85. The first-order valence-electron chi connectivity index (χ1n) is 9.32. The van der Waals surface area contributed by atoms with Crippen molar-refractivity contribution in [1.29, 1.82) is 0 Å². The van der Waals surface area contributed by atoms with Crippen LogP contribution in [-0.2, 0) is 6.42 Å². The maximum Gasteiger partial charge on any atom is 0.282 e. The molecule has 0 bridgehead atoms. The fraction of sp³-hybridized carbons (Fsp3) is 0.286. The van der Waals surface area contributed by atoms with E-state index in [1.54, 1.807) is 24.4 Å². The SMILES string of the molecule is CCCCc1nc2ccc(Br)cc2c(=O)n1N=Cc1cc(Cl)c(OCC)c(Cl)c1. The van der Waals surface area contributed by atoms with Gasteiger partial charge in [0.1, 0.15) is 5.82 Å². The van der Waals surface area contributed by atoms with Crippen LogP contribution >= 0.6 is 39.1 Å². The predicted molar refractivity (Wildman–Crippen MR) is 123 cm³/mol. The molecule has 0 atom stereocenters. The predicted octanol–water partition coefficient (Wildman–Crippen LogP) is 6.09. The van der Waals surface area contributed by atoms with Gasteiger partial charge in [-0.05, 0) is 49.2 Å². The quantitative estimate of drug-likeness (QED) is 0.372. The Labute approximate surface area is 187 Å². The van der Waals surface area contributed by atoms with Gasteiger partial charge in [0.2, 0.25) is 0 Å². The molecule has 3 rings (SSSR count). The largest absolute Gasteiger partial charge is 0.491 e. The monoisotopic (exact) mass is 495 g/mol. The van der Waals surface area contributed by atoms with E-state index in [1.807, 2.05) is 19.1 Å². The molecule has 0 amide bonds. The lowest BCUT2D eigenvalue weighted by molar-refractivity contribution is 0.340. The summed E-state index contributed by atoms with van der Waals surface area (Å²) in [5, 5.41) is 5.69. The van der Waals surface area contributed by atoms with Crippen molar-refractivity contribution in [3.8, 4) is 5.75 Å². The molecular weight excluding hydrogens is 477 g/mol. The molecule has 2 aromatic carbocycles. The first-order valence-corrected chi connectivity index (χ1v) is 10.9. The van der Waals surface area contributed by atoms with Gasteiger partial charge in [0, 0.05) is 10.9 Å². The van der Waals surface area contributed by atoms with Crippen molar-refractivity contribution < 1.29 is 4.74 Å². The second-order valence-corrected chi connectivity index (χ2v) is 8.13. The number of unbranched alkanes of at least 4 members (excludes halogenated alkanes) is 1. The van der Waals surface area contributed by atoms with Crippen molar-refractivity contribution in [3.63, 3.8) is 0 Å². The molecule has 0 aliphatic rings. The van der Waals surface area contributed by atoms with Gasteiger partial charge in [-0.15, -0.1) is 0 Å². The van der Waals surface area contributed by atoms with Crippen LogP contribution in [0.5, 0.6) is 5.75 Å². The molecule has 0 N–H and O–H groups in total. The Kier molecular flexibility index (Phi) is 7.33. The van der Waals surface area contributed by atoms with Crippen molar-refractivity contribution in [1.82, 2.24) is 9.66 Å². The van der Waals surface area contributed by atoms with E-state index in [4.69, 9.17) is 27.9 Å². The second kappa shape index (κ2) is 9.74. The average Bonchev–Trinajstić information content (AvgIpc) is 2.69. The van der Waals surface area contributed by atoms with Gasteiger partial charge in [-0.25, -0.2) is 4.98 Å². The summed E-state index contributed by atoms with van der Waals surface area (Å²) in [7, 11) is 0. The van der Waals surface area contributed by atoms with Crippen LogP contribution < -0.4 is 10.3 Å². The molecule has 1 aromatic heterocycles. The summed E-state index contributed by atoms with van der Waals surface area (Å²) in [5.74, 6) is 1.05. The van der Waals surface area contributed by atoms with Crippen molar-refractivity contribution >= 4 is 56.2 Å². The maximum atomic E-state index is 13.1. The topological polar surface area (TPSA) is 56.5 Å². The molecule has 0 radical (unpaired) electrons. The number of benzene rings is 2. The van der Waals surface area contributed by atoms with Crippen LogP contribution in [0.25, 0.3) is 10.9 Å². The molecule has 0 aliphatic carbocycles. The normalized spacial score (nSPS) is 11.5. The number of halogens is 3. The van der Waals surface area contributed by atoms with E-state index in [9.17, 15) is 4.79 Å². The lowest BCUT2D eigenvalue weighted by Crippen LogP contribution is -2.22. The number of aromatic nitrogens is 2. The number of ether oxygens (including phenoxy) is 1. The summed E-state index contributed by atoms with van der Waals surface area (Å²) in [4.78, 5) is 17.7. The Hall–Kier alpha value is -1.89. The molecule has 0 spiro atoms.